The largest absolute Gasteiger partial charge is 0.497 e. The van der Waals surface area contributed by atoms with Gasteiger partial charge in [-0.2, -0.15) is 0 Å². The minimum absolute atomic E-state index is 0.223. The number of hydrogen-bond donors (Lipinski definition) is 1. The van der Waals surface area contributed by atoms with Crippen molar-refractivity contribution in [2.45, 2.75) is 32.9 Å². The predicted molar refractivity (Wildman–Crippen MR) is 113 cm³/mol. The molecule has 0 spiro atoms. The molecule has 29 heavy (non-hydrogen) atoms. The summed E-state index contributed by atoms with van der Waals surface area (Å²) in [6, 6.07) is 6.73. The summed E-state index contributed by atoms with van der Waals surface area (Å²) in [5.41, 5.74) is 0.109. The van der Waals surface area contributed by atoms with Crippen LogP contribution in [0, 0.1) is 0 Å². The van der Waals surface area contributed by atoms with E-state index in [4.69, 9.17) is 9.47 Å². The van der Waals surface area contributed by atoms with Crippen molar-refractivity contribution in [3.8, 4) is 11.5 Å². The fourth-order valence-electron chi connectivity index (χ4n) is 3.04. The lowest BCUT2D eigenvalue weighted by Crippen LogP contribution is -2.41. The molecule has 2 heterocycles. The van der Waals surface area contributed by atoms with Gasteiger partial charge in [0.15, 0.2) is 0 Å². The van der Waals surface area contributed by atoms with Gasteiger partial charge in [0.1, 0.15) is 22.7 Å². The van der Waals surface area contributed by atoms with Crippen LogP contribution in [0.1, 0.15) is 19.8 Å². The highest BCUT2D eigenvalue weighted by molar-refractivity contribution is 7.17. The van der Waals surface area contributed by atoms with Crippen molar-refractivity contribution in [2.75, 3.05) is 19.5 Å². The Hall–Kier alpha value is -3.07. The molecule has 1 amide bonds. The van der Waals surface area contributed by atoms with E-state index >= 15 is 0 Å². The maximum atomic E-state index is 12.9. The van der Waals surface area contributed by atoms with Crippen LogP contribution >= 0.6 is 11.3 Å². The van der Waals surface area contributed by atoms with Gasteiger partial charge in [-0.1, -0.05) is 13.3 Å². The summed E-state index contributed by atoms with van der Waals surface area (Å²) < 4.78 is 13.5. The topological polar surface area (TPSA) is 91.6 Å². The first kappa shape index (κ1) is 20.7. The highest BCUT2D eigenvalue weighted by atomic mass is 32.1. The average molecular weight is 417 g/mol. The van der Waals surface area contributed by atoms with E-state index in [9.17, 15) is 14.4 Å². The third-order valence-electron chi connectivity index (χ3n) is 4.55. The molecule has 0 aliphatic rings. The van der Waals surface area contributed by atoms with E-state index in [-0.39, 0.29) is 12.1 Å². The SMILES string of the molecule is CCCCn1c(=O)c2sccc2n(CC(=O)Nc2cc(OC)ccc2OC)c1=O. The Kier molecular flexibility index (Phi) is 6.38. The van der Waals surface area contributed by atoms with Crippen LogP contribution < -0.4 is 26.0 Å². The summed E-state index contributed by atoms with van der Waals surface area (Å²) in [7, 11) is 3.03. The van der Waals surface area contributed by atoms with E-state index in [1.54, 1.807) is 29.6 Å². The Bertz CT molecular complexity index is 1150. The van der Waals surface area contributed by atoms with E-state index in [2.05, 4.69) is 5.32 Å². The standard InChI is InChI=1S/C20H23N3O5S/c1-4-5-9-22-19(25)18-15(8-10-29-18)23(20(22)26)12-17(24)21-14-11-13(27-2)6-7-16(14)28-3/h6-8,10-11H,4-5,9,12H2,1-3H3,(H,21,24). The number of rotatable bonds is 8. The van der Waals surface area contributed by atoms with Crippen LogP contribution in [0.2, 0.25) is 0 Å². The van der Waals surface area contributed by atoms with Gasteiger partial charge >= 0.3 is 5.69 Å². The molecule has 3 aromatic rings. The van der Waals surface area contributed by atoms with E-state index < -0.39 is 11.6 Å². The number of ether oxygens (including phenoxy) is 2. The highest BCUT2D eigenvalue weighted by Crippen LogP contribution is 2.29. The van der Waals surface area contributed by atoms with E-state index in [1.165, 1.54) is 34.7 Å². The lowest BCUT2D eigenvalue weighted by atomic mass is 10.2. The number of benzene rings is 1. The van der Waals surface area contributed by atoms with Gasteiger partial charge in [0.2, 0.25) is 5.91 Å². The Morgan fingerprint density at radius 2 is 1.93 bits per heavy atom. The molecule has 9 heteroatoms. The Labute approximate surface area is 171 Å². The molecular weight excluding hydrogens is 394 g/mol. The second kappa shape index (κ2) is 8.95. The van der Waals surface area contributed by atoms with E-state index in [0.29, 0.717) is 40.4 Å². The molecule has 0 unspecified atom stereocenters. The van der Waals surface area contributed by atoms with Crippen molar-refractivity contribution < 1.29 is 14.3 Å². The molecule has 154 valence electrons. The van der Waals surface area contributed by atoms with Gasteiger partial charge < -0.3 is 14.8 Å². The van der Waals surface area contributed by atoms with Crippen molar-refractivity contribution in [3.05, 3.63) is 50.5 Å². The summed E-state index contributed by atoms with van der Waals surface area (Å²) >= 11 is 1.27. The third-order valence-corrected chi connectivity index (χ3v) is 5.45. The molecule has 0 radical (unpaired) electrons. The van der Waals surface area contributed by atoms with Gasteiger partial charge in [0.05, 0.1) is 25.4 Å². The Morgan fingerprint density at radius 3 is 2.62 bits per heavy atom. The quantitative estimate of drug-likeness (QED) is 0.608. The number of thiophene rings is 1. The fourth-order valence-corrected chi connectivity index (χ4v) is 3.89. The molecule has 0 saturated carbocycles. The average Bonchev–Trinajstić information content (AvgIpc) is 3.21. The summed E-state index contributed by atoms with van der Waals surface area (Å²) in [5, 5.41) is 4.50. The van der Waals surface area contributed by atoms with Gasteiger partial charge in [-0.05, 0) is 30.0 Å². The van der Waals surface area contributed by atoms with Crippen molar-refractivity contribution >= 4 is 33.1 Å². The van der Waals surface area contributed by atoms with Crippen LogP contribution in [-0.4, -0.2) is 29.3 Å². The van der Waals surface area contributed by atoms with Crippen LogP contribution in [0.15, 0.2) is 39.2 Å². The van der Waals surface area contributed by atoms with Crippen LogP contribution in [0.5, 0.6) is 11.5 Å². The molecule has 1 aromatic carbocycles. The second-order valence-corrected chi connectivity index (χ2v) is 7.34. The molecule has 0 atom stereocenters. The normalized spacial score (nSPS) is 10.9. The number of unbranched alkanes of at least 4 members (excludes halogenated alkanes) is 1. The number of nitrogens with one attached hydrogen (secondary N) is 1. The Morgan fingerprint density at radius 1 is 1.14 bits per heavy atom. The number of fused-ring (bicyclic) bond motifs is 1. The van der Waals surface area contributed by atoms with Gasteiger partial charge in [-0.25, -0.2) is 4.79 Å². The van der Waals surface area contributed by atoms with Gasteiger partial charge in [0, 0.05) is 12.6 Å². The summed E-state index contributed by atoms with van der Waals surface area (Å²) in [4.78, 5) is 38.3. The first-order valence-corrected chi connectivity index (χ1v) is 10.1. The van der Waals surface area contributed by atoms with Crippen molar-refractivity contribution in [3.63, 3.8) is 0 Å². The smallest absolute Gasteiger partial charge is 0.332 e. The molecule has 1 N–H and O–H groups in total. The minimum atomic E-state index is -0.484. The lowest BCUT2D eigenvalue weighted by Gasteiger charge is -2.14. The van der Waals surface area contributed by atoms with Crippen molar-refractivity contribution in [1.29, 1.82) is 0 Å². The molecule has 0 aliphatic carbocycles. The summed E-state index contributed by atoms with van der Waals surface area (Å²) in [5.74, 6) is 0.624. The zero-order valence-corrected chi connectivity index (χ0v) is 17.4. The molecule has 0 saturated heterocycles. The van der Waals surface area contributed by atoms with Crippen LogP contribution in [0.3, 0.4) is 0 Å². The first-order chi connectivity index (χ1) is 14.0. The number of carbonyl (C=O) groups is 1. The van der Waals surface area contributed by atoms with Crippen LogP contribution in [-0.2, 0) is 17.9 Å². The number of hydrogen-bond acceptors (Lipinski definition) is 6. The first-order valence-electron chi connectivity index (χ1n) is 9.22. The number of amides is 1. The van der Waals surface area contributed by atoms with Crippen LogP contribution in [0.25, 0.3) is 10.2 Å². The van der Waals surface area contributed by atoms with Gasteiger partial charge in [-0.3, -0.25) is 18.7 Å². The maximum absolute atomic E-state index is 12.9. The van der Waals surface area contributed by atoms with Gasteiger partial charge in [0.25, 0.3) is 5.56 Å². The molecule has 0 bridgehead atoms. The second-order valence-electron chi connectivity index (χ2n) is 6.43. The molecular formula is C20H23N3O5S. The fraction of sp³-hybridized carbons (Fsp3) is 0.350. The maximum Gasteiger partial charge on any atom is 0.332 e. The number of aromatic nitrogens is 2. The molecule has 2 aromatic heterocycles. The minimum Gasteiger partial charge on any atom is -0.497 e. The molecule has 0 fully saturated rings. The number of methoxy groups -OCH3 is 2. The monoisotopic (exact) mass is 417 g/mol. The number of nitrogens with zero attached hydrogens (tertiary/aromatic N) is 2. The number of carbonyl (C=O) groups excluding carboxylic acids is 1. The van der Waals surface area contributed by atoms with E-state index in [1.807, 2.05) is 6.92 Å². The number of anilines is 1. The summed E-state index contributed by atoms with van der Waals surface area (Å²) in [6.45, 7) is 2.09. The Balaban J connectivity index is 1.96. The van der Waals surface area contributed by atoms with Crippen LogP contribution in [0.4, 0.5) is 5.69 Å². The van der Waals surface area contributed by atoms with Crippen molar-refractivity contribution in [2.24, 2.45) is 0 Å². The van der Waals surface area contributed by atoms with Crippen molar-refractivity contribution in [1.82, 2.24) is 9.13 Å². The predicted octanol–water partition coefficient (Wildman–Crippen LogP) is 2.68. The zero-order chi connectivity index (χ0) is 21.0. The zero-order valence-electron chi connectivity index (χ0n) is 16.6. The molecule has 8 nitrogen and oxygen atoms in total. The molecule has 3 rings (SSSR count). The third kappa shape index (κ3) is 4.19. The highest BCUT2D eigenvalue weighted by Gasteiger charge is 2.17. The van der Waals surface area contributed by atoms with Gasteiger partial charge in [-0.15, -0.1) is 11.3 Å². The summed E-state index contributed by atoms with van der Waals surface area (Å²) in [6.07, 6.45) is 1.56. The van der Waals surface area contributed by atoms with E-state index in [0.717, 1.165) is 6.42 Å². The lowest BCUT2D eigenvalue weighted by molar-refractivity contribution is -0.116. The molecule has 0 aliphatic heterocycles.